The van der Waals surface area contributed by atoms with E-state index in [1.54, 1.807) is 12.1 Å². The van der Waals surface area contributed by atoms with Crippen LogP contribution in [0.3, 0.4) is 0 Å². The first kappa shape index (κ1) is 13.1. The van der Waals surface area contributed by atoms with Gasteiger partial charge < -0.3 is 5.11 Å². The summed E-state index contributed by atoms with van der Waals surface area (Å²) in [5.74, 6) is 1.31. The monoisotopic (exact) mass is 246 g/mol. The van der Waals surface area contributed by atoms with Crippen molar-refractivity contribution in [2.24, 2.45) is 11.8 Å². The molecule has 2 heteroatoms. The van der Waals surface area contributed by atoms with Gasteiger partial charge in [-0.3, -0.25) is 4.79 Å². The number of ketones is 1. The average Bonchev–Trinajstić information content (AvgIpc) is 2.29. The van der Waals surface area contributed by atoms with Gasteiger partial charge in [0.2, 0.25) is 0 Å². The molecule has 1 aliphatic rings. The van der Waals surface area contributed by atoms with Crippen molar-refractivity contribution in [3.63, 3.8) is 0 Å². The average molecular weight is 246 g/mol. The summed E-state index contributed by atoms with van der Waals surface area (Å²) in [5, 5.41) is 9.35. The lowest BCUT2D eigenvalue weighted by atomic mass is 9.65. The van der Waals surface area contributed by atoms with Crippen LogP contribution in [-0.4, -0.2) is 10.9 Å². The van der Waals surface area contributed by atoms with Gasteiger partial charge in [0.25, 0.3) is 0 Å². The number of aromatic hydroxyl groups is 1. The number of phenolic OH excluding ortho intramolecular Hbond substituents is 1. The molecule has 0 heterocycles. The molecule has 0 saturated heterocycles. The SMILES string of the molecule is C[C@H]1CC[C@H](C(C)(C)c2ccc(O)cc2)C(=O)C1. The minimum absolute atomic E-state index is 0.109. The summed E-state index contributed by atoms with van der Waals surface area (Å²) in [6.07, 6.45) is 2.83. The fraction of sp³-hybridized carbons (Fsp3) is 0.562. The van der Waals surface area contributed by atoms with Crippen molar-refractivity contribution >= 4 is 5.78 Å². The van der Waals surface area contributed by atoms with Gasteiger partial charge in [-0.15, -0.1) is 0 Å². The zero-order valence-electron chi connectivity index (χ0n) is 11.4. The molecule has 1 aromatic rings. The summed E-state index contributed by atoms with van der Waals surface area (Å²) in [5.41, 5.74) is 0.985. The van der Waals surface area contributed by atoms with Gasteiger partial charge in [-0.1, -0.05) is 32.9 Å². The predicted molar refractivity (Wildman–Crippen MR) is 72.6 cm³/mol. The lowest BCUT2D eigenvalue weighted by Crippen LogP contribution is -2.38. The summed E-state index contributed by atoms with van der Waals surface area (Å²) >= 11 is 0. The smallest absolute Gasteiger partial charge is 0.137 e. The van der Waals surface area contributed by atoms with Gasteiger partial charge in [0.1, 0.15) is 11.5 Å². The molecule has 1 N–H and O–H groups in total. The Labute approximate surface area is 109 Å². The number of hydrogen-bond donors (Lipinski definition) is 1. The molecular formula is C16H22O2. The van der Waals surface area contributed by atoms with Crippen molar-refractivity contribution in [3.8, 4) is 5.75 Å². The van der Waals surface area contributed by atoms with E-state index >= 15 is 0 Å². The van der Waals surface area contributed by atoms with E-state index in [9.17, 15) is 9.90 Å². The Hall–Kier alpha value is -1.31. The Morgan fingerprint density at radius 1 is 1.17 bits per heavy atom. The van der Waals surface area contributed by atoms with Gasteiger partial charge in [-0.05, 0) is 41.9 Å². The predicted octanol–water partition coefficient (Wildman–Crippen LogP) is 3.68. The zero-order chi connectivity index (χ0) is 13.3. The second-order valence-electron chi connectivity index (χ2n) is 6.17. The van der Waals surface area contributed by atoms with E-state index < -0.39 is 0 Å². The third-order valence-electron chi connectivity index (χ3n) is 4.37. The molecule has 2 nitrogen and oxygen atoms in total. The van der Waals surface area contributed by atoms with Gasteiger partial charge in [0, 0.05) is 12.3 Å². The van der Waals surface area contributed by atoms with Gasteiger partial charge in [0.15, 0.2) is 0 Å². The van der Waals surface area contributed by atoms with Gasteiger partial charge in [-0.25, -0.2) is 0 Å². The Morgan fingerprint density at radius 3 is 2.33 bits per heavy atom. The molecule has 0 bridgehead atoms. The Morgan fingerprint density at radius 2 is 1.78 bits per heavy atom. The Kier molecular flexibility index (Phi) is 3.47. The van der Waals surface area contributed by atoms with Gasteiger partial charge >= 0.3 is 0 Å². The van der Waals surface area contributed by atoms with E-state index in [-0.39, 0.29) is 17.1 Å². The normalized spacial score (nSPS) is 25.2. The molecule has 1 fully saturated rings. The Balaban J connectivity index is 2.25. The molecule has 0 spiro atoms. The maximum Gasteiger partial charge on any atom is 0.137 e. The highest BCUT2D eigenvalue weighted by Gasteiger charge is 2.38. The van der Waals surface area contributed by atoms with Crippen LogP contribution in [-0.2, 0) is 10.2 Å². The zero-order valence-corrected chi connectivity index (χ0v) is 11.4. The van der Waals surface area contributed by atoms with Crippen molar-refractivity contribution in [1.82, 2.24) is 0 Å². The van der Waals surface area contributed by atoms with Crippen molar-refractivity contribution in [2.45, 2.75) is 45.4 Å². The first-order chi connectivity index (χ1) is 8.41. The summed E-state index contributed by atoms with van der Waals surface area (Å²) in [4.78, 5) is 12.2. The molecule has 2 atom stereocenters. The number of benzene rings is 1. The maximum absolute atomic E-state index is 12.2. The van der Waals surface area contributed by atoms with E-state index in [0.29, 0.717) is 18.1 Å². The lowest BCUT2D eigenvalue weighted by Gasteiger charge is -2.38. The van der Waals surface area contributed by atoms with Crippen LogP contribution in [0, 0.1) is 11.8 Å². The van der Waals surface area contributed by atoms with E-state index in [4.69, 9.17) is 0 Å². The molecule has 18 heavy (non-hydrogen) atoms. The van der Waals surface area contributed by atoms with Crippen LogP contribution in [0.15, 0.2) is 24.3 Å². The van der Waals surface area contributed by atoms with E-state index in [1.807, 2.05) is 12.1 Å². The van der Waals surface area contributed by atoms with Crippen molar-refractivity contribution in [1.29, 1.82) is 0 Å². The highest BCUT2D eigenvalue weighted by molar-refractivity contribution is 5.83. The fourth-order valence-electron chi connectivity index (χ4n) is 3.06. The Bertz CT molecular complexity index is 431. The van der Waals surface area contributed by atoms with Crippen LogP contribution < -0.4 is 0 Å². The van der Waals surface area contributed by atoms with E-state index in [2.05, 4.69) is 20.8 Å². The minimum atomic E-state index is -0.148. The maximum atomic E-state index is 12.2. The fourth-order valence-corrected chi connectivity index (χ4v) is 3.06. The minimum Gasteiger partial charge on any atom is -0.508 e. The number of Topliss-reactive ketones (excluding diaryl/α,β-unsaturated/α-hetero) is 1. The van der Waals surface area contributed by atoms with Crippen LogP contribution in [0.2, 0.25) is 0 Å². The highest BCUT2D eigenvalue weighted by atomic mass is 16.3. The molecule has 0 amide bonds. The van der Waals surface area contributed by atoms with Crippen LogP contribution >= 0.6 is 0 Å². The molecular weight excluding hydrogens is 224 g/mol. The molecule has 0 unspecified atom stereocenters. The van der Waals surface area contributed by atoms with Gasteiger partial charge in [-0.2, -0.15) is 0 Å². The summed E-state index contributed by atoms with van der Waals surface area (Å²) in [6.45, 7) is 6.43. The second-order valence-corrected chi connectivity index (χ2v) is 6.17. The standard InChI is InChI=1S/C16H22O2/c1-11-4-9-14(15(18)10-11)16(2,3)12-5-7-13(17)8-6-12/h5-8,11,14,17H,4,9-10H2,1-3H3/t11-,14-/m0/s1. The third-order valence-corrected chi connectivity index (χ3v) is 4.37. The highest BCUT2D eigenvalue weighted by Crippen LogP contribution is 2.40. The topological polar surface area (TPSA) is 37.3 Å². The number of carbonyl (C=O) groups excluding carboxylic acids is 1. The summed E-state index contributed by atoms with van der Waals surface area (Å²) in [7, 11) is 0. The van der Waals surface area contributed by atoms with E-state index in [1.165, 1.54) is 0 Å². The van der Waals surface area contributed by atoms with Crippen LogP contribution in [0.25, 0.3) is 0 Å². The number of rotatable bonds is 2. The number of phenols is 1. The third kappa shape index (κ3) is 2.43. The summed E-state index contributed by atoms with van der Waals surface area (Å²) in [6, 6.07) is 7.27. The molecule has 98 valence electrons. The molecule has 1 aliphatic carbocycles. The van der Waals surface area contributed by atoms with Crippen LogP contribution in [0.4, 0.5) is 0 Å². The molecule has 1 saturated carbocycles. The molecule has 0 aromatic heterocycles. The first-order valence-corrected chi connectivity index (χ1v) is 6.73. The quantitative estimate of drug-likeness (QED) is 0.864. The number of hydrogen-bond acceptors (Lipinski definition) is 2. The summed E-state index contributed by atoms with van der Waals surface area (Å²) < 4.78 is 0. The largest absolute Gasteiger partial charge is 0.508 e. The van der Waals surface area contributed by atoms with Crippen molar-refractivity contribution < 1.29 is 9.90 Å². The number of carbonyl (C=O) groups is 1. The van der Waals surface area contributed by atoms with Crippen LogP contribution in [0.5, 0.6) is 5.75 Å². The second kappa shape index (κ2) is 4.75. The van der Waals surface area contributed by atoms with Crippen molar-refractivity contribution in [3.05, 3.63) is 29.8 Å². The molecule has 0 radical (unpaired) electrons. The van der Waals surface area contributed by atoms with Gasteiger partial charge in [0.05, 0.1) is 0 Å². The van der Waals surface area contributed by atoms with Crippen molar-refractivity contribution in [2.75, 3.05) is 0 Å². The lowest BCUT2D eigenvalue weighted by molar-refractivity contribution is -0.128. The molecule has 1 aromatic carbocycles. The van der Waals surface area contributed by atoms with Crippen LogP contribution in [0.1, 0.15) is 45.6 Å². The van der Waals surface area contributed by atoms with E-state index in [0.717, 1.165) is 18.4 Å². The molecule has 2 rings (SSSR count). The first-order valence-electron chi connectivity index (χ1n) is 6.73. The molecule has 0 aliphatic heterocycles.